The highest BCUT2D eigenvalue weighted by Crippen LogP contribution is 2.25. The number of carbonyl (C=O) groups is 2. The highest BCUT2D eigenvalue weighted by atomic mass is 32.1. The number of thiazole rings is 1. The van der Waals surface area contributed by atoms with Gasteiger partial charge < -0.3 is 5.32 Å². The Morgan fingerprint density at radius 3 is 2.81 bits per heavy atom. The highest BCUT2D eigenvalue weighted by molar-refractivity contribution is 7.22. The Morgan fingerprint density at radius 2 is 2.12 bits per heavy atom. The van der Waals surface area contributed by atoms with Crippen LogP contribution in [0.15, 0.2) is 24.3 Å². The summed E-state index contributed by atoms with van der Waals surface area (Å²) >= 11 is 1.40. The first-order valence-corrected chi connectivity index (χ1v) is 5.61. The molecule has 0 saturated heterocycles. The lowest BCUT2D eigenvalue weighted by molar-refractivity contribution is -0.124. The number of fused-ring (bicyclic) bond motifs is 1. The minimum atomic E-state index is -0.313. The quantitative estimate of drug-likeness (QED) is 0.828. The van der Waals surface area contributed by atoms with E-state index < -0.39 is 0 Å². The minimum absolute atomic E-state index is 0.101. The third-order valence-electron chi connectivity index (χ3n) is 1.95. The smallest absolute Gasteiger partial charge is 0.233 e. The fourth-order valence-corrected chi connectivity index (χ4v) is 2.20. The number of nitrogens with zero attached hydrogens (tertiary/aromatic N) is 1. The largest absolute Gasteiger partial charge is 0.302 e. The molecule has 16 heavy (non-hydrogen) atoms. The predicted octanol–water partition coefficient (Wildman–Crippen LogP) is 2.21. The molecule has 1 aromatic heterocycles. The van der Waals surface area contributed by atoms with Crippen molar-refractivity contribution in [3.05, 3.63) is 24.3 Å². The van der Waals surface area contributed by atoms with Gasteiger partial charge in [-0.15, -0.1) is 0 Å². The number of rotatable bonds is 3. The number of anilines is 1. The van der Waals surface area contributed by atoms with E-state index in [1.165, 1.54) is 18.3 Å². The van der Waals surface area contributed by atoms with Gasteiger partial charge in [0.15, 0.2) is 5.13 Å². The molecular formula is C11H10N2O2S. The number of hydrogen-bond donors (Lipinski definition) is 1. The monoisotopic (exact) mass is 234 g/mol. The number of ketones is 1. The molecule has 1 aromatic carbocycles. The highest BCUT2D eigenvalue weighted by Gasteiger charge is 2.08. The summed E-state index contributed by atoms with van der Waals surface area (Å²) in [7, 11) is 0. The molecule has 0 spiro atoms. The van der Waals surface area contributed by atoms with Crippen LogP contribution in [0.4, 0.5) is 5.13 Å². The average molecular weight is 234 g/mol. The van der Waals surface area contributed by atoms with Crippen LogP contribution in [0.1, 0.15) is 13.3 Å². The summed E-state index contributed by atoms with van der Waals surface area (Å²) in [6.45, 7) is 1.39. The number of benzene rings is 1. The Kier molecular flexibility index (Phi) is 2.96. The van der Waals surface area contributed by atoms with Crippen molar-refractivity contribution in [3.8, 4) is 0 Å². The maximum Gasteiger partial charge on any atom is 0.233 e. The summed E-state index contributed by atoms with van der Waals surface area (Å²) in [5.41, 5.74) is 0.852. The van der Waals surface area contributed by atoms with Crippen molar-refractivity contribution in [3.63, 3.8) is 0 Å². The molecule has 0 fully saturated rings. The number of nitrogens with one attached hydrogen (secondary N) is 1. The number of aromatic nitrogens is 1. The van der Waals surface area contributed by atoms with E-state index in [0.717, 1.165) is 10.2 Å². The Bertz CT molecular complexity index is 515. The Labute approximate surface area is 96.3 Å². The fraction of sp³-hybridized carbons (Fsp3) is 0.182. The van der Waals surface area contributed by atoms with E-state index >= 15 is 0 Å². The third-order valence-corrected chi connectivity index (χ3v) is 2.90. The van der Waals surface area contributed by atoms with E-state index in [9.17, 15) is 9.59 Å². The lowest BCUT2D eigenvalue weighted by Gasteiger charge is -1.97. The first kappa shape index (κ1) is 10.8. The molecule has 0 radical (unpaired) electrons. The fourth-order valence-electron chi connectivity index (χ4n) is 1.32. The first-order chi connectivity index (χ1) is 7.65. The van der Waals surface area contributed by atoms with Gasteiger partial charge in [0.2, 0.25) is 5.91 Å². The molecule has 82 valence electrons. The van der Waals surface area contributed by atoms with Crippen LogP contribution in [0.25, 0.3) is 10.2 Å². The van der Waals surface area contributed by atoms with Gasteiger partial charge in [0.1, 0.15) is 5.78 Å². The predicted molar refractivity (Wildman–Crippen MR) is 63.5 cm³/mol. The Morgan fingerprint density at radius 1 is 1.38 bits per heavy atom. The molecule has 4 nitrogen and oxygen atoms in total. The van der Waals surface area contributed by atoms with E-state index in [0.29, 0.717) is 5.13 Å². The SMILES string of the molecule is CC(=O)CC(=O)Nc1nc2ccccc2s1. The second kappa shape index (κ2) is 4.40. The lowest BCUT2D eigenvalue weighted by atomic mass is 10.3. The first-order valence-electron chi connectivity index (χ1n) is 4.80. The van der Waals surface area contributed by atoms with Crippen molar-refractivity contribution >= 4 is 38.4 Å². The zero-order valence-corrected chi connectivity index (χ0v) is 9.50. The molecule has 1 amide bonds. The van der Waals surface area contributed by atoms with Gasteiger partial charge in [0, 0.05) is 0 Å². The average Bonchev–Trinajstić information content (AvgIpc) is 2.57. The van der Waals surface area contributed by atoms with Crippen LogP contribution >= 0.6 is 11.3 Å². The summed E-state index contributed by atoms with van der Waals surface area (Å²) < 4.78 is 1.01. The van der Waals surface area contributed by atoms with Crippen LogP contribution in [0, 0.1) is 0 Å². The van der Waals surface area contributed by atoms with E-state index in [1.54, 1.807) is 0 Å². The van der Waals surface area contributed by atoms with E-state index in [-0.39, 0.29) is 18.1 Å². The van der Waals surface area contributed by atoms with Crippen LogP contribution in [0.3, 0.4) is 0 Å². The molecule has 2 aromatic rings. The van der Waals surface area contributed by atoms with Gasteiger partial charge in [-0.1, -0.05) is 23.5 Å². The second-order valence-electron chi connectivity index (χ2n) is 3.41. The van der Waals surface area contributed by atoms with E-state index in [2.05, 4.69) is 10.3 Å². The summed E-state index contributed by atoms with van der Waals surface area (Å²) in [4.78, 5) is 26.3. The number of amides is 1. The lowest BCUT2D eigenvalue weighted by Crippen LogP contribution is -2.14. The molecule has 0 atom stereocenters. The van der Waals surface area contributed by atoms with Crippen LogP contribution in [-0.4, -0.2) is 16.7 Å². The number of para-hydroxylation sites is 1. The van der Waals surface area contributed by atoms with Gasteiger partial charge in [0.25, 0.3) is 0 Å². The van der Waals surface area contributed by atoms with Crippen LogP contribution in [0.2, 0.25) is 0 Å². The molecule has 1 N–H and O–H groups in total. The standard InChI is InChI=1S/C11H10N2O2S/c1-7(14)6-10(15)13-11-12-8-4-2-3-5-9(8)16-11/h2-5H,6H2,1H3,(H,12,13,15). The van der Waals surface area contributed by atoms with Crippen molar-refractivity contribution < 1.29 is 9.59 Å². The van der Waals surface area contributed by atoms with Gasteiger partial charge in [0.05, 0.1) is 16.6 Å². The molecule has 0 saturated carbocycles. The maximum atomic E-state index is 11.3. The van der Waals surface area contributed by atoms with Crippen LogP contribution in [0.5, 0.6) is 0 Å². The maximum absolute atomic E-state index is 11.3. The molecule has 0 aliphatic carbocycles. The number of carbonyl (C=O) groups excluding carboxylic acids is 2. The molecule has 0 aliphatic heterocycles. The van der Waals surface area contributed by atoms with Crippen molar-refractivity contribution in [1.29, 1.82) is 0 Å². The van der Waals surface area contributed by atoms with Gasteiger partial charge >= 0.3 is 0 Å². The van der Waals surface area contributed by atoms with Gasteiger partial charge in [-0.3, -0.25) is 9.59 Å². The van der Waals surface area contributed by atoms with Crippen molar-refractivity contribution in [2.75, 3.05) is 5.32 Å². The third kappa shape index (κ3) is 2.43. The Hall–Kier alpha value is -1.75. The summed E-state index contributed by atoms with van der Waals surface area (Å²) in [5, 5.41) is 3.14. The van der Waals surface area contributed by atoms with Crippen LogP contribution in [-0.2, 0) is 9.59 Å². The molecular weight excluding hydrogens is 224 g/mol. The topological polar surface area (TPSA) is 59.1 Å². The minimum Gasteiger partial charge on any atom is -0.302 e. The van der Waals surface area contributed by atoms with Crippen molar-refractivity contribution in [1.82, 2.24) is 4.98 Å². The van der Waals surface area contributed by atoms with E-state index in [4.69, 9.17) is 0 Å². The van der Waals surface area contributed by atoms with Gasteiger partial charge in [-0.25, -0.2) is 4.98 Å². The Balaban J connectivity index is 2.15. The van der Waals surface area contributed by atoms with Crippen LogP contribution < -0.4 is 5.32 Å². The second-order valence-corrected chi connectivity index (χ2v) is 4.44. The van der Waals surface area contributed by atoms with E-state index in [1.807, 2.05) is 24.3 Å². The summed E-state index contributed by atoms with van der Waals surface area (Å²) in [5.74, 6) is -0.467. The molecule has 1 heterocycles. The van der Waals surface area contributed by atoms with Crippen molar-refractivity contribution in [2.24, 2.45) is 0 Å². The summed E-state index contributed by atoms with van der Waals surface area (Å²) in [6, 6.07) is 7.63. The number of hydrogen-bond acceptors (Lipinski definition) is 4. The zero-order valence-electron chi connectivity index (χ0n) is 8.69. The number of Topliss-reactive ketones (excluding diaryl/α,β-unsaturated/α-hetero) is 1. The molecule has 0 bridgehead atoms. The summed E-state index contributed by atoms with van der Waals surface area (Å²) in [6.07, 6.45) is -0.101. The molecule has 0 unspecified atom stereocenters. The van der Waals surface area contributed by atoms with Gasteiger partial charge in [-0.05, 0) is 19.1 Å². The molecule has 0 aliphatic rings. The molecule has 2 rings (SSSR count). The molecule has 5 heteroatoms. The van der Waals surface area contributed by atoms with Gasteiger partial charge in [-0.2, -0.15) is 0 Å². The van der Waals surface area contributed by atoms with Crippen molar-refractivity contribution in [2.45, 2.75) is 13.3 Å². The normalized spacial score (nSPS) is 10.3. The zero-order chi connectivity index (χ0) is 11.5.